The Morgan fingerprint density at radius 2 is 1.74 bits per heavy atom. The van der Waals surface area contributed by atoms with E-state index in [1.807, 2.05) is 18.2 Å². The number of Topliss-reactive ketones (excluding diaryl/α,β-unsaturated/α-hetero) is 1. The Hall–Kier alpha value is -2.62. The van der Waals surface area contributed by atoms with Crippen LogP contribution in [0.4, 0.5) is 10.5 Å². The molecule has 96 valence electrons. The van der Waals surface area contributed by atoms with Gasteiger partial charge in [-0.25, -0.2) is 4.79 Å². The molecule has 0 unspecified atom stereocenters. The molecule has 0 radical (unpaired) electrons. The normalized spacial score (nSPS) is 9.74. The van der Waals surface area contributed by atoms with Crippen molar-refractivity contribution in [3.8, 4) is 5.75 Å². The number of benzene rings is 2. The number of para-hydroxylation sites is 1. The SMILES string of the molecule is CC(=O)c1cccc(OC(=O)Nc2ccccc2)c1. The maximum Gasteiger partial charge on any atom is 0.417 e. The van der Waals surface area contributed by atoms with E-state index >= 15 is 0 Å². The molecule has 2 aromatic carbocycles. The van der Waals surface area contributed by atoms with Gasteiger partial charge in [-0.1, -0.05) is 30.3 Å². The van der Waals surface area contributed by atoms with Gasteiger partial charge in [0.1, 0.15) is 5.75 Å². The third-order valence-corrected chi connectivity index (χ3v) is 2.47. The molecule has 0 bridgehead atoms. The van der Waals surface area contributed by atoms with Gasteiger partial charge in [0, 0.05) is 11.3 Å². The highest BCUT2D eigenvalue weighted by atomic mass is 16.6. The monoisotopic (exact) mass is 255 g/mol. The molecule has 0 aliphatic rings. The molecule has 4 heteroatoms. The van der Waals surface area contributed by atoms with Crippen molar-refractivity contribution in [3.63, 3.8) is 0 Å². The zero-order valence-corrected chi connectivity index (χ0v) is 10.4. The van der Waals surface area contributed by atoms with E-state index in [1.54, 1.807) is 30.3 Å². The molecule has 0 spiro atoms. The van der Waals surface area contributed by atoms with Gasteiger partial charge in [0.05, 0.1) is 0 Å². The van der Waals surface area contributed by atoms with Gasteiger partial charge in [-0.15, -0.1) is 0 Å². The van der Waals surface area contributed by atoms with E-state index in [0.29, 0.717) is 17.0 Å². The summed E-state index contributed by atoms with van der Waals surface area (Å²) in [5, 5.41) is 2.59. The molecule has 1 amide bonds. The molecule has 1 N–H and O–H groups in total. The van der Waals surface area contributed by atoms with Gasteiger partial charge in [-0.2, -0.15) is 0 Å². The third-order valence-electron chi connectivity index (χ3n) is 2.47. The number of amides is 1. The van der Waals surface area contributed by atoms with Gasteiger partial charge < -0.3 is 4.74 Å². The first kappa shape index (κ1) is 12.8. The average Bonchev–Trinajstić information content (AvgIpc) is 2.40. The summed E-state index contributed by atoms with van der Waals surface area (Å²) in [6.45, 7) is 1.46. The van der Waals surface area contributed by atoms with Crippen LogP contribution in [0, 0.1) is 0 Å². The Morgan fingerprint density at radius 3 is 2.42 bits per heavy atom. The van der Waals surface area contributed by atoms with E-state index in [2.05, 4.69) is 5.32 Å². The highest BCUT2D eigenvalue weighted by Gasteiger charge is 2.06. The molecule has 0 aliphatic heterocycles. The lowest BCUT2D eigenvalue weighted by molar-refractivity contribution is 0.101. The predicted octanol–water partition coefficient (Wildman–Crippen LogP) is 3.50. The number of ketones is 1. The van der Waals surface area contributed by atoms with Crippen LogP contribution in [0.25, 0.3) is 0 Å². The second-order valence-electron chi connectivity index (χ2n) is 3.96. The molecule has 19 heavy (non-hydrogen) atoms. The van der Waals surface area contributed by atoms with Crippen LogP contribution in [0.15, 0.2) is 54.6 Å². The summed E-state index contributed by atoms with van der Waals surface area (Å²) in [4.78, 5) is 22.9. The van der Waals surface area contributed by atoms with Crippen molar-refractivity contribution in [2.45, 2.75) is 6.92 Å². The lowest BCUT2D eigenvalue weighted by Crippen LogP contribution is -2.16. The largest absolute Gasteiger partial charge is 0.417 e. The number of carbonyl (C=O) groups is 2. The van der Waals surface area contributed by atoms with Crippen molar-refractivity contribution in [3.05, 3.63) is 60.2 Å². The number of nitrogens with one attached hydrogen (secondary N) is 1. The minimum absolute atomic E-state index is 0.0751. The van der Waals surface area contributed by atoms with Gasteiger partial charge in [-0.3, -0.25) is 10.1 Å². The van der Waals surface area contributed by atoms with Gasteiger partial charge in [0.2, 0.25) is 0 Å². The van der Waals surface area contributed by atoms with Crippen molar-refractivity contribution < 1.29 is 14.3 Å². The standard InChI is InChI=1S/C15H13NO3/c1-11(17)12-6-5-9-14(10-12)19-15(18)16-13-7-3-2-4-8-13/h2-10H,1H3,(H,16,18). The fourth-order valence-corrected chi connectivity index (χ4v) is 1.55. The fourth-order valence-electron chi connectivity index (χ4n) is 1.55. The van der Waals surface area contributed by atoms with E-state index in [1.165, 1.54) is 13.0 Å². The van der Waals surface area contributed by atoms with Crippen LogP contribution in [-0.4, -0.2) is 11.9 Å². The summed E-state index contributed by atoms with van der Waals surface area (Å²) in [6.07, 6.45) is -0.591. The summed E-state index contributed by atoms with van der Waals surface area (Å²) in [7, 11) is 0. The average molecular weight is 255 g/mol. The molecule has 2 rings (SSSR count). The molecule has 0 aromatic heterocycles. The highest BCUT2D eigenvalue weighted by molar-refractivity contribution is 5.94. The fraction of sp³-hybridized carbons (Fsp3) is 0.0667. The predicted molar refractivity (Wildman–Crippen MR) is 72.5 cm³/mol. The minimum atomic E-state index is -0.591. The Kier molecular flexibility index (Phi) is 3.93. The number of rotatable bonds is 3. The Morgan fingerprint density at radius 1 is 1.00 bits per heavy atom. The molecule has 2 aromatic rings. The van der Waals surface area contributed by atoms with Crippen molar-refractivity contribution >= 4 is 17.6 Å². The second-order valence-corrected chi connectivity index (χ2v) is 3.96. The Balaban J connectivity index is 2.03. The van der Waals surface area contributed by atoms with Gasteiger partial charge in [-0.05, 0) is 31.2 Å². The lowest BCUT2D eigenvalue weighted by Gasteiger charge is -2.07. The molecule has 0 saturated heterocycles. The summed E-state index contributed by atoms with van der Waals surface area (Å²) in [5.41, 5.74) is 1.15. The van der Waals surface area contributed by atoms with Gasteiger partial charge in [0.25, 0.3) is 0 Å². The highest BCUT2D eigenvalue weighted by Crippen LogP contribution is 2.15. The molecule has 0 saturated carbocycles. The van der Waals surface area contributed by atoms with E-state index in [-0.39, 0.29) is 5.78 Å². The smallest absolute Gasteiger partial charge is 0.410 e. The third kappa shape index (κ3) is 3.67. The van der Waals surface area contributed by atoms with Crippen LogP contribution in [0.2, 0.25) is 0 Å². The zero-order chi connectivity index (χ0) is 13.7. The van der Waals surface area contributed by atoms with Crippen LogP contribution in [0.5, 0.6) is 5.75 Å². The van der Waals surface area contributed by atoms with Crippen molar-refractivity contribution in [1.29, 1.82) is 0 Å². The summed E-state index contributed by atoms with van der Waals surface area (Å²) >= 11 is 0. The van der Waals surface area contributed by atoms with Crippen LogP contribution in [-0.2, 0) is 0 Å². The number of anilines is 1. The van der Waals surface area contributed by atoms with E-state index in [9.17, 15) is 9.59 Å². The molecule has 4 nitrogen and oxygen atoms in total. The number of ether oxygens (including phenoxy) is 1. The summed E-state index contributed by atoms with van der Waals surface area (Å²) < 4.78 is 5.11. The molecule has 0 atom stereocenters. The van der Waals surface area contributed by atoms with Crippen molar-refractivity contribution in [2.75, 3.05) is 5.32 Å². The van der Waals surface area contributed by atoms with Crippen molar-refractivity contribution in [1.82, 2.24) is 0 Å². The topological polar surface area (TPSA) is 55.4 Å². The van der Waals surface area contributed by atoms with Crippen LogP contribution < -0.4 is 10.1 Å². The van der Waals surface area contributed by atoms with Gasteiger partial charge >= 0.3 is 6.09 Å². The maximum absolute atomic E-state index is 11.6. The first-order valence-electron chi connectivity index (χ1n) is 5.80. The molecule has 0 aliphatic carbocycles. The number of carbonyl (C=O) groups excluding carboxylic acids is 2. The molecule has 0 fully saturated rings. The second kappa shape index (κ2) is 5.82. The van der Waals surface area contributed by atoms with Crippen LogP contribution in [0.3, 0.4) is 0 Å². The first-order chi connectivity index (χ1) is 9.15. The minimum Gasteiger partial charge on any atom is -0.410 e. The zero-order valence-electron chi connectivity index (χ0n) is 10.4. The van der Waals surface area contributed by atoms with Crippen LogP contribution >= 0.6 is 0 Å². The van der Waals surface area contributed by atoms with E-state index in [0.717, 1.165) is 0 Å². The van der Waals surface area contributed by atoms with E-state index < -0.39 is 6.09 Å². The number of hydrogen-bond acceptors (Lipinski definition) is 3. The summed E-state index contributed by atoms with van der Waals surface area (Å²) in [5.74, 6) is 0.259. The molecular weight excluding hydrogens is 242 g/mol. The Labute approximate surface area is 111 Å². The summed E-state index contributed by atoms with van der Waals surface area (Å²) in [6, 6.07) is 15.5. The lowest BCUT2D eigenvalue weighted by atomic mass is 10.1. The van der Waals surface area contributed by atoms with E-state index in [4.69, 9.17) is 4.74 Å². The Bertz CT molecular complexity index is 593. The number of hydrogen-bond donors (Lipinski definition) is 1. The quantitative estimate of drug-likeness (QED) is 0.854. The van der Waals surface area contributed by atoms with Crippen LogP contribution in [0.1, 0.15) is 17.3 Å². The molecular formula is C15H13NO3. The maximum atomic E-state index is 11.6. The van der Waals surface area contributed by atoms with Crippen molar-refractivity contribution in [2.24, 2.45) is 0 Å². The molecule has 0 heterocycles. The first-order valence-corrected chi connectivity index (χ1v) is 5.80. The van der Waals surface area contributed by atoms with Gasteiger partial charge in [0.15, 0.2) is 5.78 Å².